The Morgan fingerprint density at radius 2 is 1.83 bits per heavy atom. The lowest BCUT2D eigenvalue weighted by Gasteiger charge is -2.62. The molecule has 1 unspecified atom stereocenters. The summed E-state index contributed by atoms with van der Waals surface area (Å²) in [6.45, 7) is 9.37. The Kier molecular flexibility index (Phi) is 3.84. The molecule has 3 saturated carbocycles. The Labute approximate surface area is 147 Å². The Balaban J connectivity index is 1.66. The maximum atomic E-state index is 11.9. The number of fused-ring (bicyclic) bond motifs is 5. The van der Waals surface area contributed by atoms with Gasteiger partial charge in [-0.15, -0.1) is 0 Å². The second-order valence-corrected chi connectivity index (χ2v) is 10.1. The quantitative estimate of drug-likeness (QED) is 0.768. The number of nitrogens with one attached hydrogen (secondary N) is 1. The number of rotatable bonds is 1. The molecule has 9 atom stereocenters. The fraction of sp³-hybridized carbons (Fsp3) is 0.952. The van der Waals surface area contributed by atoms with Gasteiger partial charge in [0, 0.05) is 12.5 Å². The summed E-state index contributed by atoms with van der Waals surface area (Å²) in [6.07, 6.45) is 7.80. The normalized spacial score (nSPS) is 55.1. The first-order chi connectivity index (χ1) is 11.3. The number of hydrogen-bond acceptors (Lipinski definition) is 2. The first-order valence-electron chi connectivity index (χ1n) is 10.2. The highest BCUT2D eigenvalue weighted by molar-refractivity contribution is 5.77. The van der Waals surface area contributed by atoms with Crippen LogP contribution in [0.3, 0.4) is 0 Å². The van der Waals surface area contributed by atoms with Crippen LogP contribution in [0.15, 0.2) is 0 Å². The molecule has 4 rings (SSSR count). The summed E-state index contributed by atoms with van der Waals surface area (Å²) >= 11 is 0. The lowest BCUT2D eigenvalue weighted by atomic mass is 9.45. The zero-order chi connectivity index (χ0) is 17.3. The fourth-order valence-electron chi connectivity index (χ4n) is 7.88. The Hall–Kier alpha value is -0.570. The smallest absolute Gasteiger partial charge is 0.220 e. The molecular formula is C21H35NO2. The minimum absolute atomic E-state index is 0.173. The molecule has 24 heavy (non-hydrogen) atoms. The zero-order valence-electron chi connectivity index (χ0n) is 15.8. The topological polar surface area (TPSA) is 49.3 Å². The van der Waals surface area contributed by atoms with Crippen LogP contribution < -0.4 is 5.32 Å². The van der Waals surface area contributed by atoms with Crippen LogP contribution >= 0.6 is 0 Å². The summed E-state index contributed by atoms with van der Waals surface area (Å²) in [6, 6.07) is 0.383. The van der Waals surface area contributed by atoms with Gasteiger partial charge in [-0.1, -0.05) is 20.8 Å². The lowest BCUT2D eigenvalue weighted by molar-refractivity contribution is -0.145. The molecule has 3 aliphatic carbocycles. The SMILES string of the molecule is CC(O)[C@H]1CC[C@H]2[C@@H]3[C@@H](C)C[C@H]4NC(=O)CC[C@]4(C)[C@H]3CC[C@]12C. The number of aliphatic hydroxyl groups is 1. The Bertz CT molecular complexity index is 532. The van der Waals surface area contributed by atoms with Crippen molar-refractivity contribution in [2.24, 2.45) is 40.4 Å². The average Bonchev–Trinajstić information content (AvgIpc) is 2.86. The van der Waals surface area contributed by atoms with Crippen molar-refractivity contribution in [1.82, 2.24) is 5.32 Å². The van der Waals surface area contributed by atoms with E-state index in [-0.39, 0.29) is 17.4 Å². The van der Waals surface area contributed by atoms with Crippen LogP contribution in [0, 0.1) is 40.4 Å². The van der Waals surface area contributed by atoms with E-state index >= 15 is 0 Å². The molecule has 0 radical (unpaired) electrons. The third kappa shape index (κ3) is 2.15. The number of carbonyl (C=O) groups is 1. The Morgan fingerprint density at radius 3 is 2.54 bits per heavy atom. The molecule has 0 spiro atoms. The molecular weight excluding hydrogens is 298 g/mol. The van der Waals surface area contributed by atoms with Gasteiger partial charge in [0.25, 0.3) is 0 Å². The van der Waals surface area contributed by atoms with Crippen LogP contribution in [-0.4, -0.2) is 23.2 Å². The first kappa shape index (κ1) is 16.9. The molecule has 1 amide bonds. The van der Waals surface area contributed by atoms with E-state index in [9.17, 15) is 9.90 Å². The maximum Gasteiger partial charge on any atom is 0.220 e. The molecule has 3 heteroatoms. The number of hydrogen-bond donors (Lipinski definition) is 2. The van der Waals surface area contributed by atoms with Gasteiger partial charge in [-0.05, 0) is 85.9 Å². The highest BCUT2D eigenvalue weighted by atomic mass is 16.3. The van der Waals surface area contributed by atoms with Crippen LogP contribution in [0.25, 0.3) is 0 Å². The van der Waals surface area contributed by atoms with E-state index < -0.39 is 0 Å². The predicted molar refractivity (Wildman–Crippen MR) is 95.3 cm³/mol. The van der Waals surface area contributed by atoms with Crippen molar-refractivity contribution in [3.63, 3.8) is 0 Å². The molecule has 3 nitrogen and oxygen atoms in total. The molecule has 1 aliphatic heterocycles. The second kappa shape index (κ2) is 5.46. The summed E-state index contributed by atoms with van der Waals surface area (Å²) in [5.74, 6) is 3.72. The molecule has 0 bridgehead atoms. The average molecular weight is 334 g/mol. The molecule has 136 valence electrons. The van der Waals surface area contributed by atoms with E-state index in [1.807, 2.05) is 6.92 Å². The number of carbonyl (C=O) groups excluding carboxylic acids is 1. The maximum absolute atomic E-state index is 11.9. The van der Waals surface area contributed by atoms with Crippen LogP contribution in [-0.2, 0) is 4.79 Å². The van der Waals surface area contributed by atoms with Crippen LogP contribution in [0.4, 0.5) is 0 Å². The third-order valence-electron chi connectivity index (χ3n) is 9.12. The van der Waals surface area contributed by atoms with Gasteiger partial charge in [0.2, 0.25) is 5.91 Å². The van der Waals surface area contributed by atoms with Crippen molar-refractivity contribution < 1.29 is 9.90 Å². The van der Waals surface area contributed by atoms with E-state index in [4.69, 9.17) is 0 Å². The molecule has 0 aromatic heterocycles. The standard InChI is InChI=1S/C21H35NO2/c1-12-11-17-21(4,10-8-18(24)22-17)16-7-9-20(3)14(13(2)23)5-6-15(20)19(12)16/h12-17,19,23H,5-11H2,1-4H3,(H,22,24)/t12-,13?,14+,15-,16-,17+,19-,20+,21+/m0/s1. The second-order valence-electron chi connectivity index (χ2n) is 10.1. The van der Waals surface area contributed by atoms with E-state index in [1.165, 1.54) is 25.7 Å². The summed E-state index contributed by atoms with van der Waals surface area (Å²) < 4.78 is 0. The monoisotopic (exact) mass is 333 g/mol. The number of piperidine rings is 1. The molecule has 4 fully saturated rings. The van der Waals surface area contributed by atoms with Crippen molar-refractivity contribution in [3.05, 3.63) is 0 Å². The van der Waals surface area contributed by atoms with Gasteiger partial charge < -0.3 is 10.4 Å². The largest absolute Gasteiger partial charge is 0.393 e. The summed E-state index contributed by atoms with van der Waals surface area (Å²) in [5, 5.41) is 13.7. The van der Waals surface area contributed by atoms with Crippen molar-refractivity contribution in [2.45, 2.75) is 84.8 Å². The highest BCUT2D eigenvalue weighted by Crippen LogP contribution is 2.67. The van der Waals surface area contributed by atoms with Crippen LogP contribution in [0.1, 0.15) is 72.6 Å². The van der Waals surface area contributed by atoms with Gasteiger partial charge in [-0.3, -0.25) is 4.79 Å². The van der Waals surface area contributed by atoms with E-state index in [0.29, 0.717) is 29.7 Å². The lowest BCUT2D eigenvalue weighted by Crippen LogP contribution is -2.63. The number of aliphatic hydroxyl groups excluding tert-OH is 1. The Morgan fingerprint density at radius 1 is 1.12 bits per heavy atom. The summed E-state index contributed by atoms with van der Waals surface area (Å²) in [7, 11) is 0. The van der Waals surface area contributed by atoms with Gasteiger partial charge in [-0.25, -0.2) is 0 Å². The van der Waals surface area contributed by atoms with Crippen LogP contribution in [0.2, 0.25) is 0 Å². The predicted octanol–water partition coefficient (Wildman–Crippen LogP) is 3.75. The van der Waals surface area contributed by atoms with Crippen molar-refractivity contribution >= 4 is 5.91 Å². The minimum Gasteiger partial charge on any atom is -0.393 e. The van der Waals surface area contributed by atoms with Gasteiger partial charge in [-0.2, -0.15) is 0 Å². The van der Waals surface area contributed by atoms with E-state index in [2.05, 4.69) is 26.1 Å². The molecule has 0 aromatic rings. The van der Waals surface area contributed by atoms with Crippen LogP contribution in [0.5, 0.6) is 0 Å². The van der Waals surface area contributed by atoms with Crippen molar-refractivity contribution in [1.29, 1.82) is 0 Å². The fourth-order valence-corrected chi connectivity index (χ4v) is 7.88. The van der Waals surface area contributed by atoms with E-state index in [0.717, 1.165) is 30.6 Å². The molecule has 4 aliphatic rings. The summed E-state index contributed by atoms with van der Waals surface area (Å²) in [5.41, 5.74) is 0.611. The molecule has 1 heterocycles. The minimum atomic E-state index is -0.173. The zero-order valence-corrected chi connectivity index (χ0v) is 15.8. The summed E-state index contributed by atoms with van der Waals surface area (Å²) in [4.78, 5) is 11.9. The third-order valence-corrected chi connectivity index (χ3v) is 9.12. The molecule has 2 N–H and O–H groups in total. The van der Waals surface area contributed by atoms with Gasteiger partial charge in [0.15, 0.2) is 0 Å². The molecule has 0 aromatic carbocycles. The van der Waals surface area contributed by atoms with Gasteiger partial charge >= 0.3 is 0 Å². The number of amides is 1. The molecule has 1 saturated heterocycles. The first-order valence-corrected chi connectivity index (χ1v) is 10.2. The van der Waals surface area contributed by atoms with Crippen molar-refractivity contribution in [3.8, 4) is 0 Å². The van der Waals surface area contributed by atoms with Gasteiger partial charge in [0.05, 0.1) is 6.10 Å². The van der Waals surface area contributed by atoms with Gasteiger partial charge in [0.1, 0.15) is 0 Å². The highest BCUT2D eigenvalue weighted by Gasteiger charge is 2.62. The van der Waals surface area contributed by atoms with Crippen molar-refractivity contribution in [2.75, 3.05) is 0 Å². The van der Waals surface area contributed by atoms with E-state index in [1.54, 1.807) is 0 Å².